The van der Waals surface area contributed by atoms with Crippen LogP contribution in [0.25, 0.3) is 0 Å². The summed E-state index contributed by atoms with van der Waals surface area (Å²) in [7, 11) is 0. The van der Waals surface area contributed by atoms with Crippen molar-refractivity contribution in [3.05, 3.63) is 0 Å². The largest absolute Gasteiger partial charge is 0.311 e. The van der Waals surface area contributed by atoms with E-state index in [1.807, 2.05) is 0 Å². The van der Waals surface area contributed by atoms with Gasteiger partial charge >= 0.3 is 0 Å². The van der Waals surface area contributed by atoms with Crippen LogP contribution >= 0.6 is 0 Å². The molecule has 0 aromatic heterocycles. The molecule has 0 bridgehead atoms. The molecule has 1 rings (SSSR count). The fraction of sp³-hybridized carbons (Fsp3) is 1.00. The smallest absolute Gasteiger partial charge is 0.0444 e. The lowest BCUT2D eigenvalue weighted by molar-refractivity contribution is 0.376. The zero-order valence-electron chi connectivity index (χ0n) is 9.15. The molecule has 8 heavy (non-hydrogen) atoms. The number of hydrogen-bond donors (Lipinski definition) is 2. The molecule has 1 heterocycles. The number of hydrogen-bond acceptors (Lipinski definition) is 2. The van der Waals surface area contributed by atoms with Gasteiger partial charge in [0, 0.05) is 30.6 Å². The van der Waals surface area contributed by atoms with E-state index >= 15 is 0 Å². The van der Waals surface area contributed by atoms with E-state index in [-0.39, 0.29) is 0 Å². The highest BCUT2D eigenvalue weighted by atomic mass is 15.1. The summed E-state index contributed by atoms with van der Waals surface area (Å²) in [5.74, 6) is 0. The van der Waals surface area contributed by atoms with E-state index in [0.717, 1.165) is 0 Å². The van der Waals surface area contributed by atoms with Gasteiger partial charge in [-0.05, 0) is 13.8 Å². The van der Waals surface area contributed by atoms with Gasteiger partial charge in [-0.3, -0.25) is 0 Å². The monoisotopic (exact) mass is 118 g/mol. The van der Waals surface area contributed by atoms with Crippen LogP contribution in [0.5, 0.6) is 0 Å². The fourth-order valence-electron chi connectivity index (χ4n) is 0.572. The first-order chi connectivity index (χ1) is 5.26. The molecule has 2 nitrogen and oxygen atoms in total. The van der Waals surface area contributed by atoms with E-state index in [1.165, 1.54) is 0 Å². The lowest BCUT2D eigenvalue weighted by Gasteiger charge is -2.26. The third-order valence-electron chi connectivity index (χ3n) is 1.03. The van der Waals surface area contributed by atoms with E-state index in [1.54, 1.807) is 13.8 Å². The molecule has 0 aliphatic carbocycles. The highest BCUT2D eigenvalue weighted by molar-refractivity contribution is 4.76. The second kappa shape index (κ2) is 2.46. The summed E-state index contributed by atoms with van der Waals surface area (Å²) in [6.07, 6.45) is 0. The van der Waals surface area contributed by atoms with Crippen molar-refractivity contribution in [2.24, 2.45) is 0 Å². The van der Waals surface area contributed by atoms with E-state index < -0.39 is 25.1 Å². The Morgan fingerprint density at radius 2 is 1.62 bits per heavy atom. The summed E-state index contributed by atoms with van der Waals surface area (Å²) in [6.45, 7) is 0.170. The quantitative estimate of drug-likeness (QED) is 0.466. The predicted octanol–water partition coefficient (Wildman–Crippen LogP) is -0.0438. The normalized spacial score (nSPS) is 59.8. The van der Waals surface area contributed by atoms with Crippen LogP contribution in [0.1, 0.15) is 19.3 Å². The lowest BCUT2D eigenvalue weighted by Crippen LogP contribution is -2.51. The first-order valence-corrected chi connectivity index (χ1v) is 2.81. The molecule has 0 saturated carbocycles. The Bertz CT molecular complexity index is 162. The number of piperazine rings is 1. The molecular weight excluding hydrogens is 100 g/mol. The van der Waals surface area contributed by atoms with Gasteiger partial charge in [-0.2, -0.15) is 0 Å². The molecular formula is C6H14N2. The Balaban J connectivity index is 2.76. The number of nitrogens with one attached hydrogen (secondary N) is 2. The minimum absolute atomic E-state index is 0.524. The molecule has 2 unspecified atom stereocenters. The first-order valence-electron chi connectivity index (χ1n) is 4.81. The first kappa shape index (κ1) is 2.67. The van der Waals surface area contributed by atoms with Gasteiger partial charge in [-0.15, -0.1) is 0 Å². The maximum atomic E-state index is 7.47. The van der Waals surface area contributed by atoms with Gasteiger partial charge in [-0.25, -0.2) is 0 Å². The van der Waals surface area contributed by atoms with Gasteiger partial charge in [0.1, 0.15) is 0 Å². The van der Waals surface area contributed by atoms with Crippen LogP contribution in [0.2, 0.25) is 0 Å². The molecule has 0 radical (unpaired) electrons. The third kappa shape index (κ3) is 1.46. The zero-order chi connectivity index (χ0) is 9.57. The van der Waals surface area contributed by atoms with Crippen LogP contribution in [0.3, 0.4) is 0 Å². The molecule has 0 amide bonds. The van der Waals surface area contributed by atoms with Crippen molar-refractivity contribution >= 4 is 0 Å². The van der Waals surface area contributed by atoms with E-state index in [0.29, 0.717) is 0 Å². The van der Waals surface area contributed by atoms with Crippen molar-refractivity contribution < 1.29 is 5.48 Å². The molecule has 2 heteroatoms. The highest BCUT2D eigenvalue weighted by Crippen LogP contribution is 1.89. The summed E-state index contributed by atoms with van der Waals surface area (Å²) in [5.41, 5.74) is 0. The summed E-state index contributed by atoms with van der Waals surface area (Å²) in [5, 5.41) is 5.18. The van der Waals surface area contributed by atoms with Crippen molar-refractivity contribution in [1.82, 2.24) is 10.6 Å². The Kier molecular flexibility index (Phi) is 0.822. The lowest BCUT2D eigenvalue weighted by atomic mass is 10.2. The van der Waals surface area contributed by atoms with Crippen LogP contribution in [-0.4, -0.2) is 25.1 Å². The summed E-state index contributed by atoms with van der Waals surface area (Å²) >= 11 is 0. The minimum Gasteiger partial charge on any atom is -0.311 e. The fourth-order valence-corrected chi connectivity index (χ4v) is 0.572. The highest BCUT2D eigenvalue weighted by Gasteiger charge is 2.10. The Morgan fingerprint density at radius 1 is 1.25 bits per heavy atom. The second-order valence-corrected chi connectivity index (χ2v) is 2.02. The van der Waals surface area contributed by atoms with Gasteiger partial charge in [-0.1, -0.05) is 0 Å². The van der Waals surface area contributed by atoms with Crippen molar-refractivity contribution in [2.45, 2.75) is 25.9 Å². The molecule has 2 atom stereocenters. The van der Waals surface area contributed by atoms with E-state index in [2.05, 4.69) is 10.6 Å². The molecule has 48 valence electrons. The summed E-state index contributed by atoms with van der Waals surface area (Å²) < 4.78 is 29.9. The molecule has 0 spiro atoms. The zero-order valence-corrected chi connectivity index (χ0v) is 5.15. The maximum absolute atomic E-state index is 7.47. The molecule has 0 aromatic rings. The summed E-state index contributed by atoms with van der Waals surface area (Å²) in [6, 6.07) is -1.05. The number of rotatable bonds is 0. The average Bonchev–Trinajstić information content (AvgIpc) is 1.82. The van der Waals surface area contributed by atoms with Crippen molar-refractivity contribution in [3.63, 3.8) is 0 Å². The third-order valence-corrected chi connectivity index (χ3v) is 1.03. The second-order valence-electron chi connectivity index (χ2n) is 2.02. The van der Waals surface area contributed by atoms with Crippen LogP contribution in [0.15, 0.2) is 0 Å². The average molecular weight is 118 g/mol. The van der Waals surface area contributed by atoms with E-state index in [9.17, 15) is 0 Å². The van der Waals surface area contributed by atoms with Crippen molar-refractivity contribution in [2.75, 3.05) is 13.0 Å². The van der Waals surface area contributed by atoms with Crippen LogP contribution < -0.4 is 10.6 Å². The van der Waals surface area contributed by atoms with Crippen LogP contribution in [-0.2, 0) is 0 Å². The van der Waals surface area contributed by atoms with Crippen LogP contribution in [0, 0.1) is 0 Å². The molecule has 0 aromatic carbocycles. The minimum atomic E-state index is -1.54. The van der Waals surface area contributed by atoms with Crippen molar-refractivity contribution in [1.29, 1.82) is 0 Å². The van der Waals surface area contributed by atoms with Crippen molar-refractivity contribution in [3.8, 4) is 0 Å². The topological polar surface area (TPSA) is 24.1 Å². The SMILES string of the molecule is [2H]C1([2H])NC(C)C([2H])([2H])NC1C. The van der Waals surface area contributed by atoms with E-state index in [4.69, 9.17) is 5.48 Å². The van der Waals surface area contributed by atoms with Gasteiger partial charge in [0.05, 0.1) is 0 Å². The van der Waals surface area contributed by atoms with Crippen LogP contribution in [0.4, 0.5) is 0 Å². The molecule has 2 N–H and O–H groups in total. The molecule has 1 aliphatic rings. The Hall–Kier alpha value is -0.0800. The van der Waals surface area contributed by atoms with Gasteiger partial charge in [0.15, 0.2) is 0 Å². The molecule has 1 fully saturated rings. The maximum Gasteiger partial charge on any atom is 0.0444 e. The standard InChI is InChI=1S/C6H14N2/c1-5-3-8-6(2)4-7-5/h5-8H,3-4H2,1-2H3/i3D2,4D2. The molecule has 1 saturated heterocycles. The van der Waals surface area contributed by atoms with Gasteiger partial charge < -0.3 is 10.6 Å². The summed E-state index contributed by atoms with van der Waals surface area (Å²) in [4.78, 5) is 0. The van der Waals surface area contributed by atoms with Gasteiger partial charge in [0.2, 0.25) is 0 Å². The Morgan fingerprint density at radius 3 is 2.00 bits per heavy atom. The van der Waals surface area contributed by atoms with Gasteiger partial charge in [0.25, 0.3) is 0 Å². The Labute approximate surface area is 56.3 Å². The molecule has 1 aliphatic heterocycles. The predicted molar refractivity (Wildman–Crippen MR) is 34.9 cm³/mol.